The van der Waals surface area contributed by atoms with Crippen molar-refractivity contribution < 1.29 is 9.84 Å². The normalized spacial score (nSPS) is 15.2. The lowest BCUT2D eigenvalue weighted by Crippen LogP contribution is -2.34. The van der Waals surface area contributed by atoms with Crippen LogP contribution in [-0.4, -0.2) is 31.5 Å². The standard InChI is InChI=1S/C16H27NO2/c1-16(2,3)10-15(13-8-6-5-7-9-13)17-11-14(18)12-19-4/h5-9,14-15,17-18H,10-12H2,1-4H3. The molecule has 1 rings (SSSR count). The lowest BCUT2D eigenvalue weighted by Gasteiger charge is -2.28. The van der Waals surface area contributed by atoms with Gasteiger partial charge in [-0.2, -0.15) is 0 Å². The molecule has 2 atom stereocenters. The van der Waals surface area contributed by atoms with E-state index in [9.17, 15) is 5.11 Å². The Hall–Kier alpha value is -0.900. The largest absolute Gasteiger partial charge is 0.389 e. The van der Waals surface area contributed by atoms with Crippen LogP contribution in [0.15, 0.2) is 30.3 Å². The van der Waals surface area contributed by atoms with Crippen molar-refractivity contribution in [2.75, 3.05) is 20.3 Å². The van der Waals surface area contributed by atoms with Crippen molar-refractivity contribution in [3.63, 3.8) is 0 Å². The zero-order valence-electron chi connectivity index (χ0n) is 12.5. The van der Waals surface area contributed by atoms with Crippen LogP contribution in [0.1, 0.15) is 38.8 Å². The van der Waals surface area contributed by atoms with E-state index in [-0.39, 0.29) is 11.5 Å². The molecule has 1 aromatic rings. The molecule has 0 fully saturated rings. The van der Waals surface area contributed by atoms with E-state index in [2.05, 4.69) is 50.4 Å². The van der Waals surface area contributed by atoms with E-state index in [0.717, 1.165) is 6.42 Å². The molecular formula is C16H27NO2. The molecule has 0 aliphatic carbocycles. The highest BCUT2D eigenvalue weighted by Crippen LogP contribution is 2.29. The summed E-state index contributed by atoms with van der Waals surface area (Å²) < 4.78 is 4.95. The van der Waals surface area contributed by atoms with Gasteiger partial charge in [0, 0.05) is 19.7 Å². The maximum atomic E-state index is 9.76. The first kappa shape index (κ1) is 16.2. The summed E-state index contributed by atoms with van der Waals surface area (Å²) in [5, 5.41) is 13.2. The van der Waals surface area contributed by atoms with E-state index in [0.29, 0.717) is 13.2 Å². The number of nitrogens with one attached hydrogen (secondary N) is 1. The van der Waals surface area contributed by atoms with E-state index >= 15 is 0 Å². The van der Waals surface area contributed by atoms with Gasteiger partial charge in [-0.05, 0) is 17.4 Å². The number of ether oxygens (including phenoxy) is 1. The smallest absolute Gasteiger partial charge is 0.0897 e. The third kappa shape index (κ3) is 6.71. The van der Waals surface area contributed by atoms with Crippen LogP contribution in [0.3, 0.4) is 0 Å². The van der Waals surface area contributed by atoms with Gasteiger partial charge < -0.3 is 15.2 Å². The Bertz CT molecular complexity index is 346. The molecule has 0 aromatic heterocycles. The minimum Gasteiger partial charge on any atom is -0.389 e. The minimum atomic E-state index is -0.462. The molecule has 0 spiro atoms. The lowest BCUT2D eigenvalue weighted by atomic mass is 9.85. The van der Waals surface area contributed by atoms with E-state index in [1.165, 1.54) is 5.56 Å². The van der Waals surface area contributed by atoms with Crippen LogP contribution in [0.4, 0.5) is 0 Å². The van der Waals surface area contributed by atoms with Crippen LogP contribution < -0.4 is 5.32 Å². The van der Waals surface area contributed by atoms with Gasteiger partial charge >= 0.3 is 0 Å². The number of aliphatic hydroxyl groups excluding tert-OH is 1. The Balaban J connectivity index is 2.65. The fourth-order valence-electron chi connectivity index (χ4n) is 2.14. The monoisotopic (exact) mass is 265 g/mol. The molecule has 1 aromatic carbocycles. The quantitative estimate of drug-likeness (QED) is 0.796. The average molecular weight is 265 g/mol. The van der Waals surface area contributed by atoms with Crippen molar-refractivity contribution in [3.8, 4) is 0 Å². The molecular weight excluding hydrogens is 238 g/mol. The summed E-state index contributed by atoms with van der Waals surface area (Å²) in [5.41, 5.74) is 1.50. The van der Waals surface area contributed by atoms with Crippen LogP contribution in [0.25, 0.3) is 0 Å². The second-order valence-corrected chi connectivity index (χ2v) is 6.25. The third-order valence-corrected chi connectivity index (χ3v) is 2.98. The molecule has 3 nitrogen and oxygen atoms in total. The maximum Gasteiger partial charge on any atom is 0.0897 e. The van der Waals surface area contributed by atoms with Crippen molar-refractivity contribution in [1.82, 2.24) is 5.32 Å². The average Bonchev–Trinajstić information content (AvgIpc) is 2.34. The summed E-state index contributed by atoms with van der Waals surface area (Å²) in [5.74, 6) is 0. The van der Waals surface area contributed by atoms with Gasteiger partial charge in [0.1, 0.15) is 0 Å². The van der Waals surface area contributed by atoms with Crippen molar-refractivity contribution >= 4 is 0 Å². The number of hydrogen-bond donors (Lipinski definition) is 2. The molecule has 0 amide bonds. The highest BCUT2D eigenvalue weighted by Gasteiger charge is 2.20. The Morgan fingerprint density at radius 2 is 1.84 bits per heavy atom. The zero-order valence-corrected chi connectivity index (χ0v) is 12.5. The van der Waals surface area contributed by atoms with Gasteiger partial charge in [-0.15, -0.1) is 0 Å². The summed E-state index contributed by atoms with van der Waals surface area (Å²) in [6, 6.07) is 10.7. The van der Waals surface area contributed by atoms with Gasteiger partial charge in [0.15, 0.2) is 0 Å². The fourth-order valence-corrected chi connectivity index (χ4v) is 2.14. The summed E-state index contributed by atoms with van der Waals surface area (Å²) in [6.45, 7) is 7.61. The fraction of sp³-hybridized carbons (Fsp3) is 0.625. The minimum absolute atomic E-state index is 0.236. The SMILES string of the molecule is COCC(O)CNC(CC(C)(C)C)c1ccccc1. The summed E-state index contributed by atoms with van der Waals surface area (Å²) >= 11 is 0. The molecule has 2 N–H and O–H groups in total. The molecule has 0 saturated heterocycles. The van der Waals surface area contributed by atoms with Crippen molar-refractivity contribution in [2.45, 2.75) is 39.3 Å². The topological polar surface area (TPSA) is 41.5 Å². The first-order valence-corrected chi connectivity index (χ1v) is 6.88. The maximum absolute atomic E-state index is 9.76. The predicted octanol–water partition coefficient (Wildman–Crippen LogP) is 2.76. The van der Waals surface area contributed by atoms with Gasteiger partial charge in [-0.1, -0.05) is 51.1 Å². The Labute approximate surface area is 117 Å². The molecule has 0 radical (unpaired) electrons. The highest BCUT2D eigenvalue weighted by molar-refractivity contribution is 5.19. The second kappa shape index (κ2) is 7.63. The number of rotatable bonds is 7. The van der Waals surface area contributed by atoms with Gasteiger partial charge in [0.25, 0.3) is 0 Å². The van der Waals surface area contributed by atoms with E-state index in [1.807, 2.05) is 6.07 Å². The Kier molecular flexibility index (Phi) is 6.49. The molecule has 108 valence electrons. The van der Waals surface area contributed by atoms with E-state index in [4.69, 9.17) is 4.74 Å². The van der Waals surface area contributed by atoms with Crippen molar-refractivity contribution in [3.05, 3.63) is 35.9 Å². The van der Waals surface area contributed by atoms with E-state index < -0.39 is 6.10 Å². The van der Waals surface area contributed by atoms with E-state index in [1.54, 1.807) is 7.11 Å². The Morgan fingerprint density at radius 1 is 1.21 bits per heavy atom. The Morgan fingerprint density at radius 3 is 2.37 bits per heavy atom. The molecule has 0 aliphatic rings. The van der Waals surface area contributed by atoms with Gasteiger partial charge in [-0.25, -0.2) is 0 Å². The molecule has 0 heterocycles. The number of aliphatic hydroxyl groups is 1. The van der Waals surface area contributed by atoms with Crippen molar-refractivity contribution in [1.29, 1.82) is 0 Å². The second-order valence-electron chi connectivity index (χ2n) is 6.25. The summed E-state index contributed by atoms with van der Waals surface area (Å²) in [4.78, 5) is 0. The molecule has 19 heavy (non-hydrogen) atoms. The molecule has 0 aliphatic heterocycles. The van der Waals surface area contributed by atoms with Crippen LogP contribution in [0, 0.1) is 5.41 Å². The molecule has 0 saturated carbocycles. The number of hydrogen-bond acceptors (Lipinski definition) is 3. The summed E-state index contributed by atoms with van der Waals surface area (Å²) in [6.07, 6.45) is 0.563. The lowest BCUT2D eigenvalue weighted by molar-refractivity contribution is 0.0615. The van der Waals surface area contributed by atoms with Crippen LogP contribution in [0.5, 0.6) is 0 Å². The van der Waals surface area contributed by atoms with Crippen LogP contribution >= 0.6 is 0 Å². The van der Waals surface area contributed by atoms with Gasteiger partial charge in [0.05, 0.1) is 12.7 Å². The highest BCUT2D eigenvalue weighted by atomic mass is 16.5. The van der Waals surface area contributed by atoms with Crippen LogP contribution in [0.2, 0.25) is 0 Å². The molecule has 0 bridgehead atoms. The predicted molar refractivity (Wildman–Crippen MR) is 79.1 cm³/mol. The number of methoxy groups -OCH3 is 1. The first-order chi connectivity index (χ1) is 8.92. The van der Waals surface area contributed by atoms with Crippen LogP contribution in [-0.2, 0) is 4.74 Å². The molecule has 3 heteroatoms. The summed E-state index contributed by atoms with van der Waals surface area (Å²) in [7, 11) is 1.60. The number of benzene rings is 1. The van der Waals surface area contributed by atoms with Gasteiger partial charge in [-0.3, -0.25) is 0 Å². The van der Waals surface area contributed by atoms with Crippen molar-refractivity contribution in [2.24, 2.45) is 5.41 Å². The first-order valence-electron chi connectivity index (χ1n) is 6.88. The zero-order chi connectivity index (χ0) is 14.3. The van der Waals surface area contributed by atoms with Gasteiger partial charge in [0.2, 0.25) is 0 Å². The molecule has 2 unspecified atom stereocenters. The third-order valence-electron chi connectivity index (χ3n) is 2.98.